The van der Waals surface area contributed by atoms with Crippen molar-refractivity contribution in [2.45, 2.75) is 0 Å². The topological polar surface area (TPSA) is 61.7 Å². The number of carbonyl (C=O) groups is 1. The highest BCUT2D eigenvalue weighted by atomic mass is 32.1. The molecule has 0 atom stereocenters. The van der Waals surface area contributed by atoms with E-state index in [1.165, 1.54) is 0 Å². The zero-order chi connectivity index (χ0) is 11.8. The second-order valence-corrected chi connectivity index (χ2v) is 3.27. The van der Waals surface area contributed by atoms with Gasteiger partial charge in [-0.15, -0.1) is 0 Å². The Kier molecular flexibility index (Phi) is 5.15. The molecule has 1 aromatic carbocycles. The lowest BCUT2D eigenvalue weighted by molar-refractivity contribution is -0.110. The van der Waals surface area contributed by atoms with Crippen LogP contribution in [0.4, 0.5) is 5.69 Å². The van der Waals surface area contributed by atoms with E-state index in [0.717, 1.165) is 11.8 Å². The van der Waals surface area contributed by atoms with E-state index in [1.54, 1.807) is 6.07 Å². The fourth-order valence-electron chi connectivity index (χ4n) is 1.15. The van der Waals surface area contributed by atoms with Gasteiger partial charge < -0.3 is 10.5 Å². The third kappa shape index (κ3) is 3.78. The van der Waals surface area contributed by atoms with E-state index in [-0.39, 0.29) is 0 Å². The van der Waals surface area contributed by atoms with Crippen molar-refractivity contribution in [3.8, 4) is 0 Å². The van der Waals surface area contributed by atoms with Crippen LogP contribution >= 0.6 is 12.6 Å². The number of anilines is 1. The number of para-hydroxylation sites is 1. The highest BCUT2D eigenvalue weighted by Gasteiger charge is 2.01. The molecule has 0 saturated carbocycles. The van der Waals surface area contributed by atoms with Crippen LogP contribution in [0, 0.1) is 0 Å². The maximum atomic E-state index is 11.2. The molecule has 4 nitrogen and oxygen atoms in total. The summed E-state index contributed by atoms with van der Waals surface area (Å²) >= 11 is 4.06. The van der Waals surface area contributed by atoms with Gasteiger partial charge in [0, 0.05) is 11.4 Å². The van der Waals surface area contributed by atoms with E-state index in [1.807, 2.05) is 30.4 Å². The number of nitrogens with zero attached hydrogens (tertiary/aromatic N) is 1. The summed E-state index contributed by atoms with van der Waals surface area (Å²) in [4.78, 5) is 11.2. The van der Waals surface area contributed by atoms with Crippen molar-refractivity contribution >= 4 is 36.5 Å². The van der Waals surface area contributed by atoms with Crippen LogP contribution in [0.1, 0.15) is 5.56 Å². The standard InChI is InChI=1S/C11H12N2O2S/c14-11(8-12-15)13-10-6-2-1-4-9(10)5-3-7-16/h1-6,8,15-16H,7H2,(H,13,14). The molecule has 0 bridgehead atoms. The van der Waals surface area contributed by atoms with Crippen molar-refractivity contribution in [3.05, 3.63) is 35.9 Å². The normalized spacial score (nSPS) is 11.1. The number of hydrogen-bond donors (Lipinski definition) is 3. The molecule has 1 amide bonds. The average molecular weight is 236 g/mol. The Balaban J connectivity index is 2.86. The summed E-state index contributed by atoms with van der Waals surface area (Å²) < 4.78 is 0. The van der Waals surface area contributed by atoms with E-state index in [4.69, 9.17) is 5.21 Å². The number of oxime groups is 1. The quantitative estimate of drug-likeness (QED) is 0.324. The lowest BCUT2D eigenvalue weighted by Gasteiger charge is -2.05. The zero-order valence-electron chi connectivity index (χ0n) is 8.50. The van der Waals surface area contributed by atoms with Crippen LogP contribution in [0.25, 0.3) is 6.08 Å². The van der Waals surface area contributed by atoms with E-state index >= 15 is 0 Å². The molecule has 0 fully saturated rings. The van der Waals surface area contributed by atoms with Crippen molar-refractivity contribution in [2.24, 2.45) is 5.16 Å². The minimum atomic E-state index is -0.478. The van der Waals surface area contributed by atoms with Crippen LogP contribution in [0.2, 0.25) is 0 Å². The van der Waals surface area contributed by atoms with Crippen molar-refractivity contribution < 1.29 is 10.0 Å². The molecule has 1 rings (SSSR count). The van der Waals surface area contributed by atoms with E-state index < -0.39 is 5.91 Å². The van der Waals surface area contributed by atoms with Gasteiger partial charge in [0.25, 0.3) is 5.91 Å². The van der Waals surface area contributed by atoms with E-state index in [0.29, 0.717) is 11.4 Å². The Morgan fingerprint density at radius 3 is 2.94 bits per heavy atom. The third-order valence-electron chi connectivity index (χ3n) is 1.80. The summed E-state index contributed by atoms with van der Waals surface area (Å²) in [6.45, 7) is 0. The molecule has 0 aliphatic rings. The first kappa shape index (κ1) is 12.3. The smallest absolute Gasteiger partial charge is 0.270 e. The van der Waals surface area contributed by atoms with Gasteiger partial charge in [-0.1, -0.05) is 35.5 Å². The summed E-state index contributed by atoms with van der Waals surface area (Å²) in [6.07, 6.45) is 4.53. The number of thiol groups is 1. The Labute approximate surface area is 99.1 Å². The highest BCUT2D eigenvalue weighted by molar-refractivity contribution is 7.80. The number of hydrogen-bond acceptors (Lipinski definition) is 4. The third-order valence-corrected chi connectivity index (χ3v) is 2.01. The largest absolute Gasteiger partial charge is 0.411 e. The van der Waals surface area contributed by atoms with Crippen LogP contribution in [-0.2, 0) is 4.79 Å². The maximum absolute atomic E-state index is 11.2. The second-order valence-electron chi connectivity index (χ2n) is 2.91. The summed E-state index contributed by atoms with van der Waals surface area (Å²) in [6, 6.07) is 7.31. The van der Waals surface area contributed by atoms with Gasteiger partial charge in [-0.05, 0) is 11.6 Å². The van der Waals surface area contributed by atoms with Crippen LogP contribution in [0.15, 0.2) is 35.5 Å². The van der Waals surface area contributed by atoms with Gasteiger partial charge in [0.1, 0.15) is 6.21 Å². The molecule has 2 N–H and O–H groups in total. The minimum Gasteiger partial charge on any atom is -0.411 e. The molecule has 0 heterocycles. The first-order valence-corrected chi connectivity index (χ1v) is 5.26. The van der Waals surface area contributed by atoms with Crippen molar-refractivity contribution in [1.82, 2.24) is 0 Å². The molecule has 0 radical (unpaired) electrons. The Morgan fingerprint density at radius 2 is 2.25 bits per heavy atom. The van der Waals surface area contributed by atoms with Gasteiger partial charge in [-0.25, -0.2) is 0 Å². The number of nitrogens with one attached hydrogen (secondary N) is 1. The number of carbonyl (C=O) groups excluding carboxylic acids is 1. The van der Waals surface area contributed by atoms with Crippen molar-refractivity contribution in [3.63, 3.8) is 0 Å². The fourth-order valence-corrected chi connectivity index (χ4v) is 1.26. The van der Waals surface area contributed by atoms with E-state index in [9.17, 15) is 4.79 Å². The first-order valence-electron chi connectivity index (χ1n) is 4.62. The molecular formula is C11H12N2O2S. The molecule has 0 saturated heterocycles. The minimum absolute atomic E-state index is 0.478. The van der Waals surface area contributed by atoms with Crippen LogP contribution in [0.5, 0.6) is 0 Å². The molecule has 84 valence electrons. The van der Waals surface area contributed by atoms with Gasteiger partial charge in [-0.3, -0.25) is 4.79 Å². The van der Waals surface area contributed by atoms with Crippen LogP contribution in [-0.4, -0.2) is 23.1 Å². The molecule has 1 aromatic rings. The van der Waals surface area contributed by atoms with Crippen LogP contribution in [0.3, 0.4) is 0 Å². The molecule has 5 heteroatoms. The Bertz CT molecular complexity index is 416. The maximum Gasteiger partial charge on any atom is 0.270 e. The highest BCUT2D eigenvalue weighted by Crippen LogP contribution is 2.16. The lowest BCUT2D eigenvalue weighted by Crippen LogP contribution is -2.13. The molecule has 16 heavy (non-hydrogen) atoms. The van der Waals surface area contributed by atoms with Crippen molar-refractivity contribution in [1.29, 1.82) is 0 Å². The fraction of sp³-hybridized carbons (Fsp3) is 0.0909. The first-order chi connectivity index (χ1) is 7.77. The number of benzene rings is 1. The Morgan fingerprint density at radius 1 is 1.50 bits per heavy atom. The predicted molar refractivity (Wildman–Crippen MR) is 68.2 cm³/mol. The summed E-state index contributed by atoms with van der Waals surface area (Å²) in [5, 5.41) is 13.5. The van der Waals surface area contributed by atoms with Gasteiger partial charge >= 0.3 is 0 Å². The van der Waals surface area contributed by atoms with E-state index in [2.05, 4.69) is 23.1 Å². The molecule has 0 aromatic heterocycles. The molecule has 0 aliphatic carbocycles. The van der Waals surface area contributed by atoms with Gasteiger partial charge in [0.2, 0.25) is 0 Å². The second kappa shape index (κ2) is 6.68. The SMILES string of the molecule is O=C(C=NO)Nc1ccccc1C=CCS. The summed E-state index contributed by atoms with van der Waals surface area (Å²) in [5.74, 6) is 0.148. The summed E-state index contributed by atoms with van der Waals surface area (Å²) in [7, 11) is 0. The van der Waals surface area contributed by atoms with Gasteiger partial charge in [0.15, 0.2) is 0 Å². The van der Waals surface area contributed by atoms with Gasteiger partial charge in [0.05, 0.1) is 0 Å². The van der Waals surface area contributed by atoms with Crippen molar-refractivity contribution in [2.75, 3.05) is 11.1 Å². The molecule has 0 spiro atoms. The Hall–Kier alpha value is -1.75. The predicted octanol–water partition coefficient (Wildman–Crippen LogP) is 2.03. The zero-order valence-corrected chi connectivity index (χ0v) is 9.39. The summed E-state index contributed by atoms with van der Waals surface area (Å²) in [5.41, 5.74) is 1.53. The molecular weight excluding hydrogens is 224 g/mol. The number of rotatable bonds is 4. The lowest BCUT2D eigenvalue weighted by atomic mass is 10.1. The van der Waals surface area contributed by atoms with Crippen LogP contribution < -0.4 is 5.32 Å². The molecule has 0 unspecified atom stereocenters. The average Bonchev–Trinajstić information content (AvgIpc) is 2.28. The molecule has 0 aliphatic heterocycles. The monoisotopic (exact) mass is 236 g/mol. The van der Waals surface area contributed by atoms with Gasteiger partial charge in [-0.2, -0.15) is 12.6 Å². The number of amides is 1.